The highest BCUT2D eigenvalue weighted by atomic mass is 32.2. The second-order valence-corrected chi connectivity index (χ2v) is 6.67. The van der Waals surface area contributed by atoms with Crippen molar-refractivity contribution in [3.05, 3.63) is 0 Å². The summed E-state index contributed by atoms with van der Waals surface area (Å²) in [5, 5.41) is 0. The molecule has 10 heteroatoms. The third-order valence-electron chi connectivity index (χ3n) is 3.28. The zero-order chi connectivity index (χ0) is 20.6. The van der Waals surface area contributed by atoms with Gasteiger partial charge in [0.15, 0.2) is 18.3 Å². The third-order valence-corrected chi connectivity index (χ3v) is 4.32. The zero-order valence-corrected chi connectivity index (χ0v) is 16.3. The van der Waals surface area contributed by atoms with E-state index >= 15 is 0 Å². The van der Waals surface area contributed by atoms with Gasteiger partial charge in [-0.05, 0) is 0 Å². The Labute approximate surface area is 161 Å². The van der Waals surface area contributed by atoms with E-state index in [0.717, 1.165) is 25.6 Å². The first-order valence-corrected chi connectivity index (χ1v) is 9.06. The van der Waals surface area contributed by atoms with E-state index in [4.69, 9.17) is 30.1 Å². The van der Waals surface area contributed by atoms with Gasteiger partial charge in [0, 0.05) is 27.7 Å². The number of thioether (sulfide) groups is 1. The Hall–Kier alpha value is -2.25. The first-order valence-electron chi connectivity index (χ1n) is 8.01. The Morgan fingerprint density at radius 3 is 1.89 bits per heavy atom. The van der Waals surface area contributed by atoms with Crippen molar-refractivity contribution in [2.75, 3.05) is 12.4 Å². The molecular weight excluding hydrogens is 380 g/mol. The van der Waals surface area contributed by atoms with Crippen molar-refractivity contribution in [2.24, 2.45) is 0 Å². The molecule has 0 saturated carbocycles. The quantitative estimate of drug-likeness (QED) is 0.337. The topological polar surface area (TPSA) is 114 Å². The maximum atomic E-state index is 11.6. The molecule has 27 heavy (non-hydrogen) atoms. The Bertz CT molecular complexity index is 612. The second-order valence-electron chi connectivity index (χ2n) is 5.58. The molecule has 5 atom stereocenters. The molecule has 1 heterocycles. The Morgan fingerprint density at radius 1 is 0.889 bits per heavy atom. The molecule has 9 nitrogen and oxygen atoms in total. The van der Waals surface area contributed by atoms with Gasteiger partial charge in [0.2, 0.25) is 0 Å². The molecule has 0 aliphatic carbocycles. The van der Waals surface area contributed by atoms with Crippen LogP contribution in [0.1, 0.15) is 27.7 Å². The third kappa shape index (κ3) is 7.48. The summed E-state index contributed by atoms with van der Waals surface area (Å²) in [5.74, 6) is 0.0628. The summed E-state index contributed by atoms with van der Waals surface area (Å²) in [6.07, 6.45) is 0.919. The minimum atomic E-state index is -1.17. The smallest absolute Gasteiger partial charge is 0.303 e. The van der Waals surface area contributed by atoms with Crippen LogP contribution < -0.4 is 0 Å². The van der Waals surface area contributed by atoms with Gasteiger partial charge < -0.3 is 23.7 Å². The lowest BCUT2D eigenvalue weighted by Gasteiger charge is -2.44. The number of terminal acetylenes is 1. The van der Waals surface area contributed by atoms with E-state index < -0.39 is 53.7 Å². The fourth-order valence-corrected chi connectivity index (χ4v) is 3.33. The molecule has 0 aromatic heterocycles. The predicted molar refractivity (Wildman–Crippen MR) is 93.2 cm³/mol. The van der Waals surface area contributed by atoms with Crippen molar-refractivity contribution >= 4 is 35.6 Å². The normalized spacial score (nSPS) is 27.0. The van der Waals surface area contributed by atoms with Crippen LogP contribution in [0, 0.1) is 12.3 Å². The van der Waals surface area contributed by atoms with Gasteiger partial charge in [-0.1, -0.05) is 5.92 Å². The highest BCUT2D eigenvalue weighted by Gasteiger charge is 2.52. The van der Waals surface area contributed by atoms with E-state index in [1.807, 2.05) is 0 Å². The number of ether oxygens (including phenoxy) is 5. The molecule has 1 aliphatic heterocycles. The molecule has 0 radical (unpaired) electrons. The molecule has 1 saturated heterocycles. The number of esters is 4. The highest BCUT2D eigenvalue weighted by molar-refractivity contribution is 8.00. The monoisotopic (exact) mass is 402 g/mol. The van der Waals surface area contributed by atoms with E-state index in [1.54, 1.807) is 0 Å². The molecule has 1 fully saturated rings. The Balaban J connectivity index is 3.25. The van der Waals surface area contributed by atoms with Crippen LogP contribution in [0.4, 0.5) is 0 Å². The molecule has 3 unspecified atom stereocenters. The Kier molecular flexibility index (Phi) is 9.11. The highest BCUT2D eigenvalue weighted by Crippen LogP contribution is 2.34. The molecule has 1 aliphatic rings. The summed E-state index contributed by atoms with van der Waals surface area (Å²) in [6, 6.07) is 0. The second kappa shape index (κ2) is 10.8. The maximum absolute atomic E-state index is 11.6. The lowest BCUT2D eigenvalue weighted by atomic mass is 9.99. The number of carbonyl (C=O) groups is 4. The van der Waals surface area contributed by atoms with Crippen molar-refractivity contribution < 1.29 is 42.9 Å². The minimum Gasteiger partial charge on any atom is -0.463 e. The van der Waals surface area contributed by atoms with Crippen LogP contribution in [0.25, 0.3) is 0 Å². The molecule has 0 bridgehead atoms. The standard InChI is InChI=1S/C17H22O9S/c1-6-7-27-17-16(25-12(5)21)15(24-11(4)20)14(23-10(3)19)13(26-17)8-22-9(2)18/h1,13-17H,7-8H2,2-5H3/t13?,14-,15?,16?,17+/m1/s1. The maximum Gasteiger partial charge on any atom is 0.303 e. The van der Waals surface area contributed by atoms with Crippen LogP contribution in [0.15, 0.2) is 0 Å². The van der Waals surface area contributed by atoms with Crippen molar-refractivity contribution in [1.29, 1.82) is 0 Å². The van der Waals surface area contributed by atoms with Gasteiger partial charge in [0.25, 0.3) is 0 Å². The van der Waals surface area contributed by atoms with Gasteiger partial charge in [0.1, 0.15) is 18.1 Å². The van der Waals surface area contributed by atoms with Gasteiger partial charge in [-0.2, -0.15) is 0 Å². The average Bonchev–Trinajstić information content (AvgIpc) is 2.54. The molecule has 0 aromatic carbocycles. The van der Waals surface area contributed by atoms with Crippen LogP contribution in [-0.4, -0.2) is 66.1 Å². The SMILES string of the molecule is C#CCS[C@@H]1OC(COC(C)=O)[C@@H](OC(C)=O)C(OC(C)=O)C1OC(C)=O. The van der Waals surface area contributed by atoms with Crippen molar-refractivity contribution in [1.82, 2.24) is 0 Å². The summed E-state index contributed by atoms with van der Waals surface area (Å²) in [7, 11) is 0. The van der Waals surface area contributed by atoms with Crippen LogP contribution in [0.3, 0.4) is 0 Å². The van der Waals surface area contributed by atoms with E-state index in [0.29, 0.717) is 0 Å². The number of rotatable bonds is 7. The predicted octanol–water partition coefficient (Wildman–Crippen LogP) is 0.436. The lowest BCUT2D eigenvalue weighted by molar-refractivity contribution is -0.237. The summed E-state index contributed by atoms with van der Waals surface area (Å²) in [4.78, 5) is 45.9. The van der Waals surface area contributed by atoms with Gasteiger partial charge in [0.05, 0.1) is 5.75 Å². The summed E-state index contributed by atoms with van der Waals surface area (Å²) in [6.45, 7) is 4.45. The van der Waals surface area contributed by atoms with E-state index in [1.165, 1.54) is 13.8 Å². The summed E-state index contributed by atoms with van der Waals surface area (Å²) < 4.78 is 26.6. The molecular formula is C17H22O9S. The zero-order valence-electron chi connectivity index (χ0n) is 15.5. The average molecular weight is 402 g/mol. The molecule has 1 rings (SSSR count). The van der Waals surface area contributed by atoms with E-state index in [9.17, 15) is 19.2 Å². The van der Waals surface area contributed by atoms with Crippen molar-refractivity contribution in [3.8, 4) is 12.3 Å². The van der Waals surface area contributed by atoms with Gasteiger partial charge >= 0.3 is 23.9 Å². The Morgan fingerprint density at radius 2 is 1.41 bits per heavy atom. The molecule has 0 N–H and O–H groups in total. The van der Waals surface area contributed by atoms with Crippen LogP contribution >= 0.6 is 11.8 Å². The van der Waals surface area contributed by atoms with Crippen molar-refractivity contribution in [2.45, 2.75) is 57.5 Å². The van der Waals surface area contributed by atoms with E-state index in [2.05, 4.69) is 5.92 Å². The van der Waals surface area contributed by atoms with Gasteiger partial charge in [-0.3, -0.25) is 19.2 Å². The van der Waals surface area contributed by atoms with Gasteiger partial charge in [-0.25, -0.2) is 0 Å². The first kappa shape index (κ1) is 22.8. The van der Waals surface area contributed by atoms with Crippen LogP contribution in [0.5, 0.6) is 0 Å². The first-order chi connectivity index (χ1) is 12.6. The summed E-state index contributed by atoms with van der Waals surface area (Å²) in [5.41, 5.74) is -0.832. The number of hydrogen-bond acceptors (Lipinski definition) is 10. The lowest BCUT2D eigenvalue weighted by Crippen LogP contribution is -2.61. The van der Waals surface area contributed by atoms with Crippen LogP contribution in [-0.2, 0) is 42.9 Å². The van der Waals surface area contributed by atoms with E-state index in [-0.39, 0.29) is 12.4 Å². The molecule has 0 spiro atoms. The fraction of sp³-hybridized carbons (Fsp3) is 0.647. The fourth-order valence-electron chi connectivity index (χ4n) is 2.45. The molecule has 0 aromatic rings. The number of hydrogen-bond donors (Lipinski definition) is 0. The molecule has 0 amide bonds. The largest absolute Gasteiger partial charge is 0.463 e. The van der Waals surface area contributed by atoms with Crippen molar-refractivity contribution in [3.63, 3.8) is 0 Å². The number of carbonyl (C=O) groups excluding carboxylic acids is 4. The summed E-state index contributed by atoms with van der Waals surface area (Å²) >= 11 is 1.13. The minimum absolute atomic E-state index is 0.216. The molecule has 150 valence electrons. The van der Waals surface area contributed by atoms with Crippen LogP contribution in [0.2, 0.25) is 0 Å². The van der Waals surface area contributed by atoms with Gasteiger partial charge in [-0.15, -0.1) is 18.2 Å².